The molecule has 3 atom stereocenters. The van der Waals surface area contributed by atoms with E-state index in [1.807, 2.05) is 42.6 Å². The minimum Gasteiger partial charge on any atom is -0.352 e. The quantitative estimate of drug-likeness (QED) is 0.419. The number of hydrogen-bond donors (Lipinski definition) is 1. The molecule has 1 saturated carbocycles. The molecule has 1 aromatic heterocycles. The molecule has 0 unspecified atom stereocenters. The van der Waals surface area contributed by atoms with Gasteiger partial charge in [0.25, 0.3) is 0 Å². The number of para-hydroxylation sites is 1. The number of amides is 1. The molecule has 1 N–H and O–H groups in total. The smallest absolute Gasteiger partial charge is 0.230 e. The van der Waals surface area contributed by atoms with Gasteiger partial charge in [0.1, 0.15) is 0 Å². The number of aryl methyl sites for hydroxylation is 1. The maximum Gasteiger partial charge on any atom is 0.230 e. The Morgan fingerprint density at radius 1 is 1.16 bits per heavy atom. The third-order valence-electron chi connectivity index (χ3n) is 6.61. The van der Waals surface area contributed by atoms with Crippen molar-refractivity contribution in [3.8, 4) is 16.9 Å². The summed E-state index contributed by atoms with van der Waals surface area (Å²) in [6.07, 6.45) is 5.39. The molecule has 168 valence electrons. The summed E-state index contributed by atoms with van der Waals surface area (Å²) < 4.78 is 2.14. The van der Waals surface area contributed by atoms with Crippen LogP contribution in [0.15, 0.2) is 59.9 Å². The lowest BCUT2D eigenvalue weighted by Crippen LogP contribution is -2.44. The van der Waals surface area contributed by atoms with Gasteiger partial charge in [-0.15, -0.1) is 0 Å². The Morgan fingerprint density at radius 3 is 2.66 bits per heavy atom. The van der Waals surface area contributed by atoms with Crippen molar-refractivity contribution in [3.05, 3.63) is 65.3 Å². The van der Waals surface area contributed by atoms with Crippen LogP contribution in [-0.2, 0) is 4.79 Å². The summed E-state index contributed by atoms with van der Waals surface area (Å²) in [5, 5.41) is 4.78. The molecule has 0 saturated heterocycles. The molecule has 1 fully saturated rings. The second-order valence-electron chi connectivity index (χ2n) is 8.78. The molecule has 0 aliphatic heterocycles. The van der Waals surface area contributed by atoms with Crippen LogP contribution in [0.1, 0.15) is 38.7 Å². The van der Waals surface area contributed by atoms with E-state index in [2.05, 4.69) is 42.8 Å². The van der Waals surface area contributed by atoms with Crippen LogP contribution in [0.25, 0.3) is 16.9 Å². The van der Waals surface area contributed by atoms with Gasteiger partial charge in [0.15, 0.2) is 5.16 Å². The van der Waals surface area contributed by atoms with E-state index in [1.165, 1.54) is 24.6 Å². The van der Waals surface area contributed by atoms with Crippen LogP contribution in [-0.4, -0.2) is 27.3 Å². The molecule has 1 amide bonds. The summed E-state index contributed by atoms with van der Waals surface area (Å²) in [6, 6.07) is 16.3. The highest BCUT2D eigenvalue weighted by Gasteiger charge is 2.28. The Hall–Kier alpha value is -2.24. The van der Waals surface area contributed by atoms with Crippen LogP contribution in [0.5, 0.6) is 0 Å². The highest BCUT2D eigenvalue weighted by atomic mass is 35.5. The average Bonchev–Trinajstić information content (AvgIpc) is 3.20. The number of nitrogens with zero attached hydrogens (tertiary/aromatic N) is 2. The fourth-order valence-corrected chi connectivity index (χ4v) is 5.39. The van der Waals surface area contributed by atoms with E-state index in [-0.39, 0.29) is 11.9 Å². The molecule has 1 heterocycles. The Bertz CT molecular complexity index is 1080. The first-order valence-corrected chi connectivity index (χ1v) is 12.6. The van der Waals surface area contributed by atoms with E-state index >= 15 is 0 Å². The number of benzene rings is 2. The monoisotopic (exact) mass is 467 g/mol. The summed E-state index contributed by atoms with van der Waals surface area (Å²) in [5.41, 5.74) is 4.23. The minimum atomic E-state index is 0.0772. The average molecular weight is 468 g/mol. The first-order valence-electron chi connectivity index (χ1n) is 11.3. The predicted octanol–water partition coefficient (Wildman–Crippen LogP) is 6.53. The number of carbonyl (C=O) groups is 1. The first-order chi connectivity index (χ1) is 15.4. The molecular weight excluding hydrogens is 438 g/mol. The highest BCUT2D eigenvalue weighted by Crippen LogP contribution is 2.32. The van der Waals surface area contributed by atoms with Crippen LogP contribution in [0.3, 0.4) is 0 Å². The van der Waals surface area contributed by atoms with E-state index in [0.717, 1.165) is 34.1 Å². The van der Waals surface area contributed by atoms with E-state index in [1.54, 1.807) is 0 Å². The third-order valence-corrected chi connectivity index (χ3v) is 7.82. The van der Waals surface area contributed by atoms with Gasteiger partial charge in [-0.3, -0.25) is 9.36 Å². The number of imidazole rings is 1. The van der Waals surface area contributed by atoms with Gasteiger partial charge in [0, 0.05) is 16.6 Å². The number of nitrogens with one attached hydrogen (secondary N) is 1. The zero-order valence-corrected chi connectivity index (χ0v) is 20.4. The molecule has 1 aliphatic carbocycles. The Balaban J connectivity index is 1.57. The highest BCUT2D eigenvalue weighted by molar-refractivity contribution is 7.99. The van der Waals surface area contributed by atoms with Gasteiger partial charge in [-0.25, -0.2) is 4.98 Å². The number of carbonyl (C=O) groups excluding carboxylic acids is 1. The fraction of sp³-hybridized carbons (Fsp3) is 0.385. The van der Waals surface area contributed by atoms with Crippen molar-refractivity contribution in [3.63, 3.8) is 0 Å². The molecule has 0 spiro atoms. The van der Waals surface area contributed by atoms with Crippen LogP contribution < -0.4 is 5.32 Å². The minimum absolute atomic E-state index is 0.0772. The molecule has 4 rings (SSSR count). The zero-order chi connectivity index (χ0) is 22.7. The van der Waals surface area contributed by atoms with Crippen molar-refractivity contribution in [2.45, 2.75) is 51.2 Å². The summed E-state index contributed by atoms with van der Waals surface area (Å²) >= 11 is 7.58. The molecule has 1 aliphatic rings. The lowest BCUT2D eigenvalue weighted by Gasteiger charge is -2.34. The summed E-state index contributed by atoms with van der Waals surface area (Å²) in [6.45, 7) is 6.63. The van der Waals surface area contributed by atoms with Gasteiger partial charge >= 0.3 is 0 Å². The molecular formula is C26H30ClN3OS. The molecule has 32 heavy (non-hydrogen) atoms. The van der Waals surface area contributed by atoms with E-state index < -0.39 is 0 Å². The number of rotatable bonds is 6. The lowest BCUT2D eigenvalue weighted by atomic mass is 9.78. The van der Waals surface area contributed by atoms with Crippen LogP contribution in [0.2, 0.25) is 5.02 Å². The maximum absolute atomic E-state index is 12.8. The van der Waals surface area contributed by atoms with Gasteiger partial charge in [-0.1, -0.05) is 80.4 Å². The zero-order valence-electron chi connectivity index (χ0n) is 18.8. The number of hydrogen-bond acceptors (Lipinski definition) is 3. The SMILES string of the molecule is Cc1ccccc1-n1c(-c2ccc(Cl)cc2)cnc1SCC(=O)N[C@@H]1CCC[C@H](C)[C@@H]1C. The third kappa shape index (κ3) is 5.05. The van der Waals surface area contributed by atoms with Crippen molar-refractivity contribution in [2.24, 2.45) is 11.8 Å². The standard InChI is InChI=1S/C26H30ClN3OS/c1-17-8-6-9-22(19(17)3)29-25(31)16-32-26-28-15-24(20-11-13-21(27)14-12-20)30(26)23-10-5-4-7-18(23)2/h4-5,7,10-15,17,19,22H,6,8-9,16H2,1-3H3,(H,29,31)/t17-,19-,22+/m0/s1. The second-order valence-corrected chi connectivity index (χ2v) is 10.2. The number of aromatic nitrogens is 2. The van der Waals surface area contributed by atoms with Crippen LogP contribution >= 0.6 is 23.4 Å². The lowest BCUT2D eigenvalue weighted by molar-refractivity contribution is -0.120. The largest absolute Gasteiger partial charge is 0.352 e. The number of thioether (sulfide) groups is 1. The van der Waals surface area contributed by atoms with Gasteiger partial charge in [0.05, 0.1) is 23.3 Å². The van der Waals surface area contributed by atoms with Gasteiger partial charge in [0.2, 0.25) is 5.91 Å². The molecule has 0 bridgehead atoms. The summed E-state index contributed by atoms with van der Waals surface area (Å²) in [7, 11) is 0. The molecule has 2 aromatic carbocycles. The maximum atomic E-state index is 12.8. The van der Waals surface area contributed by atoms with Crippen LogP contribution in [0, 0.1) is 18.8 Å². The van der Waals surface area contributed by atoms with Gasteiger partial charge < -0.3 is 5.32 Å². The Kier molecular flexibility index (Phi) is 7.27. The van der Waals surface area contributed by atoms with Gasteiger partial charge in [-0.05, 0) is 48.9 Å². The van der Waals surface area contributed by atoms with Gasteiger partial charge in [-0.2, -0.15) is 0 Å². The van der Waals surface area contributed by atoms with Crippen molar-refractivity contribution in [1.82, 2.24) is 14.9 Å². The van der Waals surface area contributed by atoms with E-state index in [4.69, 9.17) is 16.6 Å². The summed E-state index contributed by atoms with van der Waals surface area (Å²) in [5.74, 6) is 1.60. The first kappa shape index (κ1) is 22.9. The Morgan fingerprint density at radius 2 is 1.91 bits per heavy atom. The molecule has 3 aromatic rings. The topological polar surface area (TPSA) is 46.9 Å². The molecule has 4 nitrogen and oxygen atoms in total. The molecule has 6 heteroatoms. The fourth-order valence-electron chi connectivity index (χ4n) is 4.47. The normalized spacial score (nSPS) is 20.8. The molecule has 0 radical (unpaired) electrons. The number of halogens is 1. The van der Waals surface area contributed by atoms with E-state index in [9.17, 15) is 4.79 Å². The Labute approximate surface area is 199 Å². The van der Waals surface area contributed by atoms with Crippen molar-refractivity contribution in [1.29, 1.82) is 0 Å². The predicted molar refractivity (Wildman–Crippen MR) is 134 cm³/mol. The van der Waals surface area contributed by atoms with E-state index in [0.29, 0.717) is 22.6 Å². The van der Waals surface area contributed by atoms with Crippen molar-refractivity contribution in [2.75, 3.05) is 5.75 Å². The van der Waals surface area contributed by atoms with Crippen molar-refractivity contribution >= 4 is 29.3 Å². The van der Waals surface area contributed by atoms with Crippen molar-refractivity contribution < 1.29 is 4.79 Å². The summed E-state index contributed by atoms with van der Waals surface area (Å²) in [4.78, 5) is 17.5. The van der Waals surface area contributed by atoms with Crippen LogP contribution in [0.4, 0.5) is 0 Å². The second kappa shape index (κ2) is 10.1.